The van der Waals surface area contributed by atoms with Crippen LogP contribution in [0.15, 0.2) is 17.7 Å². The van der Waals surface area contributed by atoms with Crippen LogP contribution in [0.2, 0.25) is 0 Å². The van der Waals surface area contributed by atoms with Crippen LogP contribution in [-0.2, 0) is 9.59 Å². The first-order valence-corrected chi connectivity index (χ1v) is 6.80. The number of aliphatic hydroxyl groups is 1. The number of carbonyl (C=O) groups is 2. The highest BCUT2D eigenvalue weighted by Gasteiger charge is 2.23. The van der Waals surface area contributed by atoms with Gasteiger partial charge in [0.05, 0.1) is 12.1 Å². The summed E-state index contributed by atoms with van der Waals surface area (Å²) in [7, 11) is 1.28. The Balaban J connectivity index is 3.34. The van der Waals surface area contributed by atoms with Crippen molar-refractivity contribution in [1.82, 2.24) is 4.90 Å². The average molecular weight is 331 g/mol. The molecule has 0 aliphatic rings. The van der Waals surface area contributed by atoms with Gasteiger partial charge in [-0.1, -0.05) is 6.92 Å². The molecule has 0 aliphatic heterocycles. The molecule has 7 nitrogen and oxygen atoms in total. The van der Waals surface area contributed by atoms with Gasteiger partial charge in [-0.2, -0.15) is 10.5 Å². The predicted octanol–water partition coefficient (Wildman–Crippen LogP) is 1.63. The van der Waals surface area contributed by atoms with E-state index in [-0.39, 0.29) is 24.3 Å². The van der Waals surface area contributed by atoms with Gasteiger partial charge in [-0.25, -0.2) is 4.39 Å². The van der Waals surface area contributed by atoms with Crippen molar-refractivity contribution in [2.75, 3.05) is 13.6 Å². The summed E-state index contributed by atoms with van der Waals surface area (Å²) in [4.78, 5) is 24.5. The van der Waals surface area contributed by atoms with Gasteiger partial charge in [-0.3, -0.25) is 9.59 Å². The molecule has 1 amide bonds. The summed E-state index contributed by atoms with van der Waals surface area (Å²) in [6.45, 7) is 1.36. The van der Waals surface area contributed by atoms with Gasteiger partial charge >= 0.3 is 0 Å². The Kier molecular flexibility index (Phi) is 6.02. The highest BCUT2D eigenvalue weighted by Crippen LogP contribution is 2.27. The number of Topliss-reactive ketones (excluding diaryl/α,β-unsaturated/α-hetero) is 1. The maximum absolute atomic E-state index is 13.6. The molecule has 0 aromatic heterocycles. The molecule has 0 saturated heterocycles. The van der Waals surface area contributed by atoms with E-state index in [1.54, 1.807) is 6.92 Å². The largest absolute Gasteiger partial charge is 0.506 e. The number of phenols is 1. The lowest BCUT2D eigenvalue weighted by atomic mass is 10.0. The Morgan fingerprint density at radius 1 is 1.33 bits per heavy atom. The van der Waals surface area contributed by atoms with Crippen molar-refractivity contribution in [2.45, 2.75) is 13.3 Å². The molecule has 1 rings (SSSR count). The fourth-order valence-electron chi connectivity index (χ4n) is 1.81. The lowest BCUT2D eigenvalue weighted by Crippen LogP contribution is -2.33. The molecule has 0 bridgehead atoms. The van der Waals surface area contributed by atoms with Crippen LogP contribution in [0.3, 0.4) is 0 Å². The van der Waals surface area contributed by atoms with Crippen LogP contribution in [0, 0.1) is 28.5 Å². The number of aromatic hydroxyl groups is 1. The molecule has 0 atom stereocenters. The van der Waals surface area contributed by atoms with Crippen LogP contribution in [0.5, 0.6) is 5.75 Å². The van der Waals surface area contributed by atoms with Gasteiger partial charge in [0.25, 0.3) is 5.91 Å². The Hall–Kier alpha value is -3.39. The molecular weight excluding hydrogens is 317 g/mol. The van der Waals surface area contributed by atoms with Crippen LogP contribution in [0.1, 0.15) is 24.5 Å². The number of aliphatic hydroxyl groups excluding tert-OH is 1. The van der Waals surface area contributed by atoms with Gasteiger partial charge in [0.2, 0.25) is 0 Å². The third kappa shape index (κ3) is 3.87. The summed E-state index contributed by atoms with van der Waals surface area (Å²) in [5.74, 6) is -4.11. The van der Waals surface area contributed by atoms with Crippen LogP contribution < -0.4 is 0 Å². The van der Waals surface area contributed by atoms with Crippen molar-refractivity contribution in [1.29, 1.82) is 10.5 Å². The van der Waals surface area contributed by atoms with E-state index < -0.39 is 34.4 Å². The van der Waals surface area contributed by atoms with Crippen LogP contribution in [0.25, 0.3) is 5.76 Å². The smallest absolute Gasteiger partial charge is 0.268 e. The molecule has 1 aromatic rings. The van der Waals surface area contributed by atoms with Crippen molar-refractivity contribution in [3.63, 3.8) is 0 Å². The van der Waals surface area contributed by atoms with Gasteiger partial charge in [0, 0.05) is 19.0 Å². The van der Waals surface area contributed by atoms with Gasteiger partial charge < -0.3 is 15.1 Å². The molecule has 8 heteroatoms. The number of hydrogen-bond donors (Lipinski definition) is 2. The summed E-state index contributed by atoms with van der Waals surface area (Å²) >= 11 is 0. The highest BCUT2D eigenvalue weighted by atomic mass is 19.1. The number of likely N-dealkylation sites (N-methyl/N-ethyl adjacent to an activating group) is 1. The highest BCUT2D eigenvalue weighted by molar-refractivity contribution is 6.04. The fraction of sp³-hybridized carbons (Fsp3) is 0.250. The lowest BCUT2D eigenvalue weighted by Gasteiger charge is -2.16. The topological polar surface area (TPSA) is 125 Å². The quantitative estimate of drug-likeness (QED) is 0.480. The van der Waals surface area contributed by atoms with E-state index in [0.29, 0.717) is 6.07 Å². The van der Waals surface area contributed by atoms with Gasteiger partial charge in [0.15, 0.2) is 22.9 Å². The second kappa shape index (κ2) is 7.75. The van der Waals surface area contributed by atoms with Crippen LogP contribution in [0.4, 0.5) is 4.39 Å². The minimum absolute atomic E-state index is 0.198. The monoisotopic (exact) mass is 331 g/mol. The van der Waals surface area contributed by atoms with Gasteiger partial charge in [-0.05, 0) is 12.1 Å². The summed E-state index contributed by atoms with van der Waals surface area (Å²) in [5, 5.41) is 37.4. The maximum atomic E-state index is 13.6. The molecule has 0 saturated carbocycles. The third-order valence-corrected chi connectivity index (χ3v) is 3.17. The van der Waals surface area contributed by atoms with E-state index in [1.165, 1.54) is 19.2 Å². The van der Waals surface area contributed by atoms with E-state index in [1.807, 2.05) is 0 Å². The molecule has 1 aromatic carbocycles. The van der Waals surface area contributed by atoms with E-state index in [0.717, 1.165) is 11.0 Å². The van der Waals surface area contributed by atoms with Crippen molar-refractivity contribution in [3.8, 4) is 17.9 Å². The number of rotatable bonds is 5. The zero-order valence-electron chi connectivity index (χ0n) is 13.0. The third-order valence-electron chi connectivity index (χ3n) is 3.17. The second-order valence-corrected chi connectivity index (χ2v) is 4.85. The van der Waals surface area contributed by atoms with Crippen molar-refractivity contribution in [3.05, 3.63) is 34.6 Å². The van der Waals surface area contributed by atoms with Crippen LogP contribution in [-0.4, -0.2) is 40.4 Å². The summed E-state index contributed by atoms with van der Waals surface area (Å²) < 4.78 is 13.6. The molecule has 0 aliphatic carbocycles. The number of nitriles is 2. The number of ketones is 1. The number of hydrogen-bond acceptors (Lipinski definition) is 6. The first-order chi connectivity index (χ1) is 11.3. The standard InChI is InChI=1S/C16H14FN3O4/c1-3-11(21)8-20(2)16(24)12(7-19)14(22)9-4-10(6-18)15(23)13(17)5-9/h4-5,22-23H,3,8H2,1-2H3/b14-12-. The number of nitrogens with zero attached hydrogens (tertiary/aromatic N) is 3. The molecular formula is C16H14FN3O4. The Labute approximate surface area is 137 Å². The van der Waals surface area contributed by atoms with Gasteiger partial charge in [-0.15, -0.1) is 0 Å². The molecule has 0 fully saturated rings. The van der Waals surface area contributed by atoms with E-state index in [9.17, 15) is 24.2 Å². The summed E-state index contributed by atoms with van der Waals surface area (Å²) in [5.41, 5.74) is -1.49. The van der Waals surface area contributed by atoms with Crippen molar-refractivity contribution >= 4 is 17.4 Å². The SMILES string of the molecule is CCC(=O)CN(C)C(=O)/C(C#N)=C(\O)c1cc(F)c(O)c(C#N)c1. The normalized spacial score (nSPS) is 11.0. The number of carbonyl (C=O) groups excluding carboxylic acids is 2. The molecule has 0 spiro atoms. The second-order valence-electron chi connectivity index (χ2n) is 4.85. The summed E-state index contributed by atoms with van der Waals surface area (Å²) in [6, 6.07) is 4.66. The number of amides is 1. The zero-order chi connectivity index (χ0) is 18.4. The molecule has 2 N–H and O–H groups in total. The first-order valence-electron chi connectivity index (χ1n) is 6.80. The molecule has 0 unspecified atom stereocenters. The summed E-state index contributed by atoms with van der Waals surface area (Å²) in [6.07, 6.45) is 0.198. The molecule has 0 heterocycles. The molecule has 24 heavy (non-hydrogen) atoms. The Bertz CT molecular complexity index is 803. The Morgan fingerprint density at radius 3 is 2.46 bits per heavy atom. The van der Waals surface area contributed by atoms with E-state index in [2.05, 4.69) is 0 Å². The average Bonchev–Trinajstić information content (AvgIpc) is 2.57. The number of halogens is 1. The van der Waals surface area contributed by atoms with Crippen LogP contribution >= 0.6 is 0 Å². The number of phenolic OH excluding ortho intramolecular Hbond substituents is 1. The zero-order valence-corrected chi connectivity index (χ0v) is 13.0. The lowest BCUT2D eigenvalue weighted by molar-refractivity contribution is -0.130. The first kappa shape index (κ1) is 18.7. The number of benzene rings is 1. The van der Waals surface area contributed by atoms with Crippen molar-refractivity contribution in [2.24, 2.45) is 0 Å². The minimum Gasteiger partial charge on any atom is -0.506 e. The predicted molar refractivity (Wildman–Crippen MR) is 80.9 cm³/mol. The van der Waals surface area contributed by atoms with E-state index in [4.69, 9.17) is 10.5 Å². The van der Waals surface area contributed by atoms with Crippen molar-refractivity contribution < 1.29 is 24.2 Å². The minimum atomic E-state index is -1.19. The van der Waals surface area contributed by atoms with Gasteiger partial charge in [0.1, 0.15) is 17.9 Å². The maximum Gasteiger partial charge on any atom is 0.268 e. The van der Waals surface area contributed by atoms with E-state index >= 15 is 0 Å². The Morgan fingerprint density at radius 2 is 1.96 bits per heavy atom. The fourth-order valence-corrected chi connectivity index (χ4v) is 1.81. The molecule has 0 radical (unpaired) electrons. The molecule has 124 valence electrons.